The van der Waals surface area contributed by atoms with Gasteiger partial charge in [-0.2, -0.15) is 0 Å². The molecule has 0 saturated carbocycles. The van der Waals surface area contributed by atoms with E-state index in [1.54, 1.807) is 0 Å². The fraction of sp³-hybridized carbons (Fsp3) is 0.533. The third-order valence-corrected chi connectivity index (χ3v) is 3.32. The maximum Gasteiger partial charge on any atom is 0.310 e. The second kappa shape index (κ2) is 6.06. The summed E-state index contributed by atoms with van der Waals surface area (Å²) in [4.78, 5) is 11.6. The van der Waals surface area contributed by atoms with Gasteiger partial charge in [-0.25, -0.2) is 0 Å². The lowest BCUT2D eigenvalue weighted by atomic mass is 10.0. The van der Waals surface area contributed by atoms with Gasteiger partial charge in [-0.3, -0.25) is 4.79 Å². The van der Waals surface area contributed by atoms with Gasteiger partial charge in [0.2, 0.25) is 0 Å². The summed E-state index contributed by atoms with van der Waals surface area (Å²) < 4.78 is 10.7. The zero-order valence-electron chi connectivity index (χ0n) is 11.6. The van der Waals surface area contributed by atoms with Gasteiger partial charge in [-0.1, -0.05) is 12.1 Å². The molecule has 0 bridgehead atoms. The molecule has 1 atom stereocenters. The van der Waals surface area contributed by atoms with Crippen molar-refractivity contribution in [2.24, 2.45) is 5.73 Å². The molecule has 0 radical (unpaired) electrons. The average Bonchev–Trinajstić information content (AvgIpc) is 2.73. The lowest BCUT2D eigenvalue weighted by Gasteiger charge is -2.14. The summed E-state index contributed by atoms with van der Waals surface area (Å²) in [6, 6.07) is 4.17. The minimum Gasteiger partial charge on any atom is -0.493 e. The highest BCUT2D eigenvalue weighted by Gasteiger charge is 2.24. The van der Waals surface area contributed by atoms with Crippen LogP contribution in [0.2, 0.25) is 0 Å². The molecule has 1 unspecified atom stereocenters. The quantitative estimate of drug-likeness (QED) is 0.820. The van der Waals surface area contributed by atoms with Crippen LogP contribution in [0.15, 0.2) is 12.1 Å². The van der Waals surface area contributed by atoms with E-state index < -0.39 is 0 Å². The van der Waals surface area contributed by atoms with E-state index in [0.29, 0.717) is 13.2 Å². The minimum atomic E-state index is -0.217. The summed E-state index contributed by atoms with van der Waals surface area (Å²) in [6.07, 6.45) is 1.96. The molecule has 0 amide bonds. The van der Waals surface area contributed by atoms with Gasteiger partial charge in [0.15, 0.2) is 0 Å². The highest BCUT2D eigenvalue weighted by atomic mass is 16.5. The summed E-state index contributed by atoms with van der Waals surface area (Å²) in [7, 11) is 0. The van der Waals surface area contributed by atoms with Crippen LogP contribution in [-0.2, 0) is 28.8 Å². The molecule has 4 nitrogen and oxygen atoms in total. The Labute approximate surface area is 113 Å². The van der Waals surface area contributed by atoms with Crippen LogP contribution >= 0.6 is 0 Å². The topological polar surface area (TPSA) is 61.5 Å². The first-order valence-corrected chi connectivity index (χ1v) is 6.83. The van der Waals surface area contributed by atoms with Crippen molar-refractivity contribution in [3.8, 4) is 5.75 Å². The Morgan fingerprint density at radius 2 is 2.11 bits per heavy atom. The molecule has 0 spiro atoms. The van der Waals surface area contributed by atoms with Gasteiger partial charge >= 0.3 is 5.97 Å². The van der Waals surface area contributed by atoms with Crippen LogP contribution in [0.25, 0.3) is 0 Å². The van der Waals surface area contributed by atoms with Crippen LogP contribution in [-0.4, -0.2) is 25.2 Å². The SMILES string of the molecule is CCOC(=O)Cc1ccc2c(c1OCC)CC(N)C2. The van der Waals surface area contributed by atoms with E-state index in [2.05, 4.69) is 6.07 Å². The Balaban J connectivity index is 2.28. The van der Waals surface area contributed by atoms with Crippen LogP contribution in [0.4, 0.5) is 0 Å². The Morgan fingerprint density at radius 3 is 2.79 bits per heavy atom. The van der Waals surface area contributed by atoms with Gasteiger partial charge in [-0.15, -0.1) is 0 Å². The van der Waals surface area contributed by atoms with Crippen LogP contribution in [0.1, 0.15) is 30.5 Å². The minimum absolute atomic E-state index is 0.159. The molecule has 2 N–H and O–H groups in total. The summed E-state index contributed by atoms with van der Waals surface area (Å²) in [5.74, 6) is 0.617. The molecule has 4 heteroatoms. The second-order valence-corrected chi connectivity index (χ2v) is 4.77. The van der Waals surface area contributed by atoms with Crippen LogP contribution in [0.3, 0.4) is 0 Å². The molecule has 0 heterocycles. The molecule has 104 valence electrons. The van der Waals surface area contributed by atoms with Gasteiger partial charge in [0, 0.05) is 11.6 Å². The maximum atomic E-state index is 11.6. The Hall–Kier alpha value is -1.55. The molecule has 1 aromatic carbocycles. The van der Waals surface area contributed by atoms with E-state index in [1.807, 2.05) is 19.9 Å². The molecule has 2 rings (SSSR count). The van der Waals surface area contributed by atoms with Crippen LogP contribution in [0.5, 0.6) is 5.75 Å². The molecular weight excluding hydrogens is 242 g/mol. The number of benzene rings is 1. The smallest absolute Gasteiger partial charge is 0.310 e. The van der Waals surface area contributed by atoms with Crippen molar-refractivity contribution in [3.63, 3.8) is 0 Å². The number of rotatable bonds is 5. The van der Waals surface area contributed by atoms with Crippen molar-refractivity contribution in [3.05, 3.63) is 28.8 Å². The molecule has 0 aromatic heterocycles. The molecule has 1 aliphatic carbocycles. The lowest BCUT2D eigenvalue weighted by Crippen LogP contribution is -2.19. The highest BCUT2D eigenvalue weighted by molar-refractivity contribution is 5.74. The monoisotopic (exact) mass is 263 g/mol. The summed E-state index contributed by atoms with van der Waals surface area (Å²) in [5, 5.41) is 0. The van der Waals surface area contributed by atoms with Crippen molar-refractivity contribution in [2.45, 2.75) is 39.2 Å². The van der Waals surface area contributed by atoms with Gasteiger partial charge in [0.25, 0.3) is 0 Å². The molecule has 0 fully saturated rings. The normalized spacial score (nSPS) is 17.1. The van der Waals surface area contributed by atoms with Crippen molar-refractivity contribution in [1.29, 1.82) is 0 Å². The Bertz CT molecular complexity index is 471. The number of fused-ring (bicyclic) bond motifs is 1. The summed E-state index contributed by atoms with van der Waals surface area (Å²) in [6.45, 7) is 4.74. The third kappa shape index (κ3) is 3.07. The maximum absolute atomic E-state index is 11.6. The molecule has 1 aliphatic rings. The standard InChI is InChI=1S/C15H21NO3/c1-3-18-14(17)8-11-6-5-10-7-12(16)9-13(10)15(11)19-4-2/h5-6,12H,3-4,7-9,16H2,1-2H3. The fourth-order valence-electron chi connectivity index (χ4n) is 2.58. The number of ether oxygens (including phenoxy) is 2. The van der Waals surface area contributed by atoms with Crippen molar-refractivity contribution >= 4 is 5.97 Å². The average molecular weight is 263 g/mol. The summed E-state index contributed by atoms with van der Waals surface area (Å²) in [5.41, 5.74) is 9.30. The molecule has 1 aromatic rings. The van der Waals surface area contributed by atoms with E-state index in [1.165, 1.54) is 5.56 Å². The number of nitrogens with two attached hydrogens (primary N) is 1. The number of hydrogen-bond acceptors (Lipinski definition) is 4. The largest absolute Gasteiger partial charge is 0.493 e. The number of carbonyl (C=O) groups is 1. The number of carbonyl (C=O) groups excluding carboxylic acids is 1. The van der Waals surface area contributed by atoms with Gasteiger partial charge in [-0.05, 0) is 37.8 Å². The Kier molecular flexibility index (Phi) is 4.43. The van der Waals surface area contributed by atoms with Crippen molar-refractivity contribution in [1.82, 2.24) is 0 Å². The number of hydrogen-bond donors (Lipinski definition) is 1. The predicted molar refractivity (Wildman–Crippen MR) is 73.3 cm³/mol. The van der Waals surface area contributed by atoms with Gasteiger partial charge in [0.05, 0.1) is 19.6 Å². The van der Waals surface area contributed by atoms with E-state index in [9.17, 15) is 4.79 Å². The van der Waals surface area contributed by atoms with Crippen molar-refractivity contribution < 1.29 is 14.3 Å². The second-order valence-electron chi connectivity index (χ2n) is 4.77. The van der Waals surface area contributed by atoms with E-state index in [0.717, 1.165) is 29.7 Å². The van der Waals surface area contributed by atoms with Gasteiger partial charge < -0.3 is 15.2 Å². The first-order chi connectivity index (χ1) is 9.15. The first kappa shape index (κ1) is 13.9. The van der Waals surface area contributed by atoms with Crippen LogP contribution in [0, 0.1) is 0 Å². The third-order valence-electron chi connectivity index (χ3n) is 3.32. The lowest BCUT2D eigenvalue weighted by molar-refractivity contribution is -0.142. The zero-order chi connectivity index (χ0) is 13.8. The molecule has 0 aliphatic heterocycles. The highest BCUT2D eigenvalue weighted by Crippen LogP contribution is 2.34. The van der Waals surface area contributed by atoms with Crippen LogP contribution < -0.4 is 10.5 Å². The van der Waals surface area contributed by atoms with Crippen molar-refractivity contribution in [2.75, 3.05) is 13.2 Å². The van der Waals surface area contributed by atoms with Gasteiger partial charge in [0.1, 0.15) is 5.75 Å². The van der Waals surface area contributed by atoms with E-state index in [4.69, 9.17) is 15.2 Å². The molecule has 19 heavy (non-hydrogen) atoms. The molecule has 0 saturated heterocycles. The first-order valence-electron chi connectivity index (χ1n) is 6.83. The molecular formula is C15H21NO3. The van der Waals surface area contributed by atoms with E-state index in [-0.39, 0.29) is 18.4 Å². The predicted octanol–water partition coefficient (Wildman–Crippen LogP) is 1.62. The fourth-order valence-corrected chi connectivity index (χ4v) is 2.58. The zero-order valence-corrected chi connectivity index (χ0v) is 11.6. The van der Waals surface area contributed by atoms with E-state index >= 15 is 0 Å². The summed E-state index contributed by atoms with van der Waals surface area (Å²) >= 11 is 0. The Morgan fingerprint density at radius 1 is 1.32 bits per heavy atom. The number of esters is 1.